The summed E-state index contributed by atoms with van der Waals surface area (Å²) in [5.41, 5.74) is 6.26. The van der Waals surface area contributed by atoms with Crippen LogP contribution in [0.3, 0.4) is 0 Å². The van der Waals surface area contributed by atoms with Gasteiger partial charge >= 0.3 is 13.6 Å². The summed E-state index contributed by atoms with van der Waals surface area (Å²) in [5.74, 6) is 0.122. The van der Waals surface area contributed by atoms with Crippen LogP contribution in [0, 0.1) is 0 Å². The number of hydrogen-bond acceptors (Lipinski definition) is 14. The van der Waals surface area contributed by atoms with Crippen LogP contribution in [-0.2, 0) is 18.4 Å². The van der Waals surface area contributed by atoms with E-state index in [0.29, 0.717) is 30.1 Å². The van der Waals surface area contributed by atoms with Crippen LogP contribution in [-0.4, -0.2) is 69.3 Å². The quantitative estimate of drug-likeness (QED) is 0.148. The van der Waals surface area contributed by atoms with Crippen LogP contribution < -0.4 is 5.73 Å². The van der Waals surface area contributed by atoms with Crippen molar-refractivity contribution in [3.63, 3.8) is 0 Å². The second-order valence-electron chi connectivity index (χ2n) is 5.67. The molecule has 1 aliphatic rings. The highest BCUT2D eigenvalue weighted by molar-refractivity contribution is 9.36. The molecule has 168 valence electrons. The van der Waals surface area contributed by atoms with E-state index >= 15 is 0 Å². The van der Waals surface area contributed by atoms with Gasteiger partial charge in [0.25, 0.3) is 0 Å². The normalized spacial score (nSPS) is 26.8. The van der Waals surface area contributed by atoms with E-state index in [1.165, 1.54) is 17.2 Å². The molecule has 30 heavy (non-hydrogen) atoms. The van der Waals surface area contributed by atoms with Crippen LogP contribution in [0.5, 0.6) is 0 Å². The van der Waals surface area contributed by atoms with Gasteiger partial charge in [0, 0.05) is 20.8 Å². The molecule has 3 rings (SSSR count). The molecule has 20 heteroatoms. The van der Waals surface area contributed by atoms with Crippen LogP contribution in [0.15, 0.2) is 12.7 Å². The van der Waals surface area contributed by atoms with E-state index in [4.69, 9.17) is 24.8 Å². The smallest absolute Gasteiger partial charge is 0.387 e. The topological polar surface area (TPSA) is 223 Å². The number of nitrogen functional groups attached to an aromatic ring is 1. The third-order valence-electron chi connectivity index (χ3n) is 3.68. The molecular formula is C10H15N5O9P2S4. The van der Waals surface area contributed by atoms with E-state index in [2.05, 4.69) is 15.0 Å². The molecule has 1 saturated heterocycles. The number of rotatable bonds is 9. The Hall–Kier alpha value is -0.0700. The highest BCUT2D eigenvalue weighted by atomic mass is 33.8. The number of aliphatic hydroxyl groups is 2. The number of ether oxygens (including phenoxy) is 1. The molecule has 0 radical (unpaired) electrons. The van der Waals surface area contributed by atoms with Crippen LogP contribution in [0.2, 0.25) is 0 Å². The van der Waals surface area contributed by atoms with Gasteiger partial charge in [-0.3, -0.25) is 9.09 Å². The summed E-state index contributed by atoms with van der Waals surface area (Å²) in [5, 5.41) is 20.6. The van der Waals surface area contributed by atoms with Gasteiger partial charge in [-0.25, -0.2) is 24.1 Å². The Labute approximate surface area is 183 Å². The number of hydrogen-bond donors (Lipinski definition) is 6. The highest BCUT2D eigenvalue weighted by Crippen LogP contribution is 2.70. The molecule has 7 N–H and O–H groups in total. The Kier molecular flexibility index (Phi) is 8.05. The maximum atomic E-state index is 12.0. The molecule has 2 aromatic rings. The van der Waals surface area contributed by atoms with Crippen LogP contribution in [0.1, 0.15) is 6.23 Å². The number of aromatic nitrogens is 4. The van der Waals surface area contributed by atoms with Gasteiger partial charge < -0.3 is 35.4 Å². The minimum Gasteiger partial charge on any atom is -0.387 e. The maximum Gasteiger partial charge on any atom is 0.397 e. The summed E-state index contributed by atoms with van der Waals surface area (Å²) in [6.45, 7) is -9.09. The molecule has 0 spiro atoms. The number of nitrogens with two attached hydrogens (primary N) is 1. The van der Waals surface area contributed by atoms with E-state index in [-0.39, 0.29) is 27.4 Å². The van der Waals surface area contributed by atoms with Gasteiger partial charge in [0.15, 0.2) is 17.7 Å². The zero-order chi connectivity index (χ0) is 22.1. The minimum absolute atomic E-state index is 0.122. The van der Waals surface area contributed by atoms with E-state index in [0.717, 1.165) is 0 Å². The van der Waals surface area contributed by atoms with Gasteiger partial charge in [-0.05, 0) is 19.7 Å². The lowest BCUT2D eigenvalue weighted by Gasteiger charge is -2.17. The van der Waals surface area contributed by atoms with Crippen molar-refractivity contribution in [3.8, 4) is 0 Å². The first kappa shape index (κ1) is 24.6. The molecule has 0 amide bonds. The molecule has 1 fully saturated rings. The first-order chi connectivity index (χ1) is 14.0. The lowest BCUT2D eigenvalue weighted by atomic mass is 10.1. The largest absolute Gasteiger partial charge is 0.397 e. The molecular weight excluding hydrogens is 524 g/mol. The molecule has 0 aromatic carbocycles. The number of aliphatic hydroxyl groups excluding tert-OH is 2. The van der Waals surface area contributed by atoms with Gasteiger partial charge in [0.05, 0.1) is 12.9 Å². The number of nitrogens with zero attached hydrogens (tertiary/aromatic N) is 4. The predicted octanol–water partition coefficient (Wildman–Crippen LogP) is 0.915. The van der Waals surface area contributed by atoms with Crippen LogP contribution in [0.4, 0.5) is 5.82 Å². The first-order valence-electron chi connectivity index (χ1n) is 7.67. The van der Waals surface area contributed by atoms with Crippen molar-refractivity contribution in [2.45, 2.75) is 24.5 Å². The maximum absolute atomic E-state index is 12.0. The molecule has 2 aromatic heterocycles. The third-order valence-corrected chi connectivity index (χ3v) is 16.5. The molecule has 0 bridgehead atoms. The fourth-order valence-electron chi connectivity index (χ4n) is 2.45. The third kappa shape index (κ3) is 6.04. The SMILES string of the molecule is Nc1ncnc2c1ncn2[C@@H]1O[C@H](COP(=O)(O)SSSSP(=O)(O)O)[C@@H](O)[C@H]1O. The molecule has 0 saturated carbocycles. The van der Waals surface area contributed by atoms with Gasteiger partial charge in [-0.2, -0.15) is 0 Å². The highest BCUT2D eigenvalue weighted by Gasteiger charge is 2.45. The van der Waals surface area contributed by atoms with Crippen molar-refractivity contribution in [3.05, 3.63) is 12.7 Å². The molecule has 0 aliphatic carbocycles. The van der Waals surface area contributed by atoms with Gasteiger partial charge in [-0.15, -0.1) is 0 Å². The summed E-state index contributed by atoms with van der Waals surface area (Å²) in [6.07, 6.45) is -2.60. The molecule has 5 atom stereocenters. The summed E-state index contributed by atoms with van der Waals surface area (Å²) in [6, 6.07) is 0. The zero-order valence-corrected chi connectivity index (χ0v) is 19.5. The summed E-state index contributed by atoms with van der Waals surface area (Å²) < 4.78 is 34.6. The second kappa shape index (κ2) is 9.82. The lowest BCUT2D eigenvalue weighted by molar-refractivity contribution is -0.0478. The number of imidazole rings is 1. The van der Waals surface area contributed by atoms with Crippen molar-refractivity contribution in [1.29, 1.82) is 0 Å². The van der Waals surface area contributed by atoms with E-state index < -0.39 is 44.7 Å². The Bertz CT molecular complexity index is 994. The van der Waals surface area contributed by atoms with E-state index in [9.17, 15) is 24.2 Å². The van der Waals surface area contributed by atoms with Crippen molar-refractivity contribution < 1.29 is 43.3 Å². The van der Waals surface area contributed by atoms with Crippen molar-refractivity contribution in [2.24, 2.45) is 0 Å². The monoisotopic (exact) mass is 539 g/mol. The molecule has 1 aliphatic heterocycles. The Morgan fingerprint density at radius 2 is 1.83 bits per heavy atom. The molecule has 1 unspecified atom stereocenters. The average molecular weight is 539 g/mol. The van der Waals surface area contributed by atoms with Crippen molar-refractivity contribution in [1.82, 2.24) is 19.5 Å². The number of fused-ring (bicyclic) bond motifs is 1. The van der Waals surface area contributed by atoms with Crippen LogP contribution >= 0.6 is 54.1 Å². The van der Waals surface area contributed by atoms with E-state index in [1.807, 2.05) is 0 Å². The number of anilines is 1. The first-order valence-corrected chi connectivity index (χ1v) is 16.9. The Morgan fingerprint density at radius 3 is 2.53 bits per heavy atom. The molecule has 14 nitrogen and oxygen atoms in total. The van der Waals surface area contributed by atoms with Gasteiger partial charge in [-0.1, -0.05) is 0 Å². The van der Waals surface area contributed by atoms with Gasteiger partial charge in [0.2, 0.25) is 0 Å². The fourth-order valence-corrected chi connectivity index (χ4v) is 15.8. The second-order valence-corrected chi connectivity index (χ2v) is 18.1. The van der Waals surface area contributed by atoms with E-state index in [1.54, 1.807) is 0 Å². The minimum atomic E-state index is -4.32. The summed E-state index contributed by atoms with van der Waals surface area (Å²) >= 11 is 0. The summed E-state index contributed by atoms with van der Waals surface area (Å²) in [7, 11) is 1.86. The van der Waals surface area contributed by atoms with Crippen LogP contribution in [0.25, 0.3) is 11.2 Å². The van der Waals surface area contributed by atoms with Crippen molar-refractivity contribution in [2.75, 3.05) is 12.3 Å². The predicted molar refractivity (Wildman–Crippen MR) is 114 cm³/mol. The Morgan fingerprint density at radius 1 is 1.13 bits per heavy atom. The standard InChI is InChI=1S/C10H15N5O9P2S4/c11-8-5-9(13-2-12-8)15(3-14-5)10-7(17)6(16)4(24-10)1-23-26(21,22)28-30-29-27-25(18,19)20/h2-4,6-7,10,16-17H,1H2,(H,21,22)(H2,11,12,13)(H2,18,19,20)/t4-,6-,7-,10-/m1/s1. The van der Waals surface area contributed by atoms with Gasteiger partial charge in [0.1, 0.15) is 30.2 Å². The summed E-state index contributed by atoms with van der Waals surface area (Å²) in [4.78, 5) is 39.1. The zero-order valence-electron chi connectivity index (χ0n) is 14.4. The van der Waals surface area contributed by atoms with Crippen molar-refractivity contribution >= 4 is 71.1 Å². The molecule has 3 heterocycles. The average Bonchev–Trinajstić information content (AvgIpc) is 3.20. The lowest BCUT2D eigenvalue weighted by Crippen LogP contribution is -2.33. The Balaban J connectivity index is 1.59. The fraction of sp³-hybridized carbons (Fsp3) is 0.500.